The molecule has 0 aliphatic heterocycles. The lowest BCUT2D eigenvalue weighted by atomic mass is 9.86. The smallest absolute Gasteiger partial charge is 0.225 e. The normalized spacial score (nSPS) is 22.5. The Hall–Kier alpha value is -3.38. The molecule has 3 rings (SSSR count). The summed E-state index contributed by atoms with van der Waals surface area (Å²) in [5.41, 5.74) is 20.1. The van der Waals surface area contributed by atoms with E-state index < -0.39 is 5.54 Å². The molecule has 1 aromatic heterocycles. The predicted molar refractivity (Wildman–Crippen MR) is 86.9 cm³/mol. The van der Waals surface area contributed by atoms with Gasteiger partial charge in [-0.15, -0.1) is 0 Å². The number of nitrogen functional groups attached to an aromatic ring is 2. The van der Waals surface area contributed by atoms with Gasteiger partial charge in [0.25, 0.3) is 0 Å². The Bertz CT molecular complexity index is 786. The molecule has 0 spiro atoms. The van der Waals surface area contributed by atoms with Gasteiger partial charge in [-0.2, -0.15) is 15.0 Å². The summed E-state index contributed by atoms with van der Waals surface area (Å²) >= 11 is 0. The number of anilines is 2. The molecule has 0 unspecified atom stereocenters. The zero-order chi connectivity index (χ0) is 16.3. The van der Waals surface area contributed by atoms with E-state index in [0.29, 0.717) is 0 Å². The lowest BCUT2D eigenvalue weighted by Crippen LogP contribution is -2.25. The van der Waals surface area contributed by atoms with E-state index in [1.54, 1.807) is 12.2 Å². The van der Waals surface area contributed by atoms with E-state index in [1.165, 1.54) is 0 Å². The van der Waals surface area contributed by atoms with E-state index in [0.717, 1.165) is 5.56 Å². The number of hydrogen-bond donors (Lipinski definition) is 2. The highest BCUT2D eigenvalue weighted by atomic mass is 15.2. The highest BCUT2D eigenvalue weighted by molar-refractivity contribution is 5.41. The number of rotatable bonds is 3. The van der Waals surface area contributed by atoms with Crippen LogP contribution in [0.3, 0.4) is 0 Å². The third kappa shape index (κ3) is 2.83. The molecule has 0 atom stereocenters. The third-order valence-electron chi connectivity index (χ3n) is 3.54. The van der Waals surface area contributed by atoms with Crippen molar-refractivity contribution in [2.24, 2.45) is 5.11 Å². The molecule has 114 valence electrons. The number of allylic oxidation sites excluding steroid dienone is 2. The average Bonchev–Trinajstić information content (AvgIpc) is 2.56. The minimum Gasteiger partial charge on any atom is -0.368 e. The summed E-state index contributed by atoms with van der Waals surface area (Å²) in [4.78, 5) is 14.7. The summed E-state index contributed by atoms with van der Waals surface area (Å²) in [5.74, 6) is 0.230. The lowest BCUT2D eigenvalue weighted by molar-refractivity contribution is 0.628. The maximum absolute atomic E-state index is 8.92. The summed E-state index contributed by atoms with van der Waals surface area (Å²) in [6.07, 6.45) is 7.36. The summed E-state index contributed by atoms with van der Waals surface area (Å²) in [6, 6.07) is 9.96. The van der Waals surface area contributed by atoms with Gasteiger partial charge in [0.2, 0.25) is 11.9 Å². The second-order valence-electron chi connectivity index (χ2n) is 5.04. The molecule has 1 aliphatic rings. The molecule has 0 amide bonds. The van der Waals surface area contributed by atoms with Crippen LogP contribution in [-0.4, -0.2) is 15.0 Å². The van der Waals surface area contributed by atoms with Gasteiger partial charge in [-0.25, -0.2) is 0 Å². The van der Waals surface area contributed by atoms with Gasteiger partial charge in [-0.3, -0.25) is 0 Å². The van der Waals surface area contributed by atoms with Crippen LogP contribution in [-0.2, 0) is 5.54 Å². The van der Waals surface area contributed by atoms with Crippen molar-refractivity contribution < 1.29 is 0 Å². The van der Waals surface area contributed by atoms with Crippen molar-refractivity contribution in [3.8, 4) is 0 Å². The molecule has 8 heteroatoms. The summed E-state index contributed by atoms with van der Waals surface area (Å²) in [7, 11) is 0. The van der Waals surface area contributed by atoms with Crippen LogP contribution in [0.15, 0.2) is 59.8 Å². The molecule has 2 aromatic rings. The van der Waals surface area contributed by atoms with Gasteiger partial charge in [-0.05, 0) is 11.1 Å². The Morgan fingerprint density at radius 2 is 1.61 bits per heavy atom. The first-order valence-corrected chi connectivity index (χ1v) is 6.90. The molecule has 1 heterocycles. The first-order chi connectivity index (χ1) is 11.1. The van der Waals surface area contributed by atoms with Crippen molar-refractivity contribution in [1.29, 1.82) is 0 Å². The quantitative estimate of drug-likeness (QED) is 0.388. The molecular formula is C15H14N8. The van der Waals surface area contributed by atoms with E-state index in [4.69, 9.17) is 17.0 Å². The molecule has 0 saturated carbocycles. The SMILES string of the molecule is [N-]=[N+]=NC1(c2nc(N)nc(N)n2)C=CC(c2ccccc2)C=C1. The molecule has 0 bridgehead atoms. The Labute approximate surface area is 132 Å². The minimum absolute atomic E-state index is 0.0213. The van der Waals surface area contributed by atoms with Gasteiger partial charge in [0, 0.05) is 10.8 Å². The van der Waals surface area contributed by atoms with Gasteiger partial charge >= 0.3 is 0 Å². The average molecular weight is 306 g/mol. The summed E-state index contributed by atoms with van der Waals surface area (Å²) in [5, 5.41) is 3.84. The maximum atomic E-state index is 8.92. The largest absolute Gasteiger partial charge is 0.368 e. The first-order valence-electron chi connectivity index (χ1n) is 6.90. The fraction of sp³-hybridized carbons (Fsp3) is 0.133. The number of aromatic nitrogens is 3. The molecule has 8 nitrogen and oxygen atoms in total. The summed E-state index contributed by atoms with van der Waals surface area (Å²) < 4.78 is 0. The molecule has 0 saturated heterocycles. The Kier molecular flexibility index (Phi) is 3.66. The molecule has 1 aromatic carbocycles. The van der Waals surface area contributed by atoms with E-state index in [-0.39, 0.29) is 23.6 Å². The van der Waals surface area contributed by atoms with Crippen molar-refractivity contribution >= 4 is 11.9 Å². The van der Waals surface area contributed by atoms with Crippen LogP contribution >= 0.6 is 0 Å². The molecular weight excluding hydrogens is 292 g/mol. The van der Waals surface area contributed by atoms with Crippen molar-refractivity contribution in [2.45, 2.75) is 11.5 Å². The van der Waals surface area contributed by atoms with Crippen molar-refractivity contribution in [3.63, 3.8) is 0 Å². The van der Waals surface area contributed by atoms with Crippen LogP contribution in [0.2, 0.25) is 0 Å². The Morgan fingerprint density at radius 1 is 1.00 bits per heavy atom. The van der Waals surface area contributed by atoms with Gasteiger partial charge in [-0.1, -0.05) is 59.8 Å². The number of nitrogens with two attached hydrogens (primary N) is 2. The highest BCUT2D eigenvalue weighted by Gasteiger charge is 2.32. The van der Waals surface area contributed by atoms with Crippen molar-refractivity contribution in [1.82, 2.24) is 15.0 Å². The molecule has 0 radical (unpaired) electrons. The molecule has 1 aliphatic carbocycles. The first kappa shape index (κ1) is 14.6. The van der Waals surface area contributed by atoms with Gasteiger partial charge in [0.05, 0.1) is 0 Å². The number of azide groups is 1. The van der Waals surface area contributed by atoms with Crippen molar-refractivity contribution in [2.75, 3.05) is 11.5 Å². The van der Waals surface area contributed by atoms with Crippen LogP contribution in [0.25, 0.3) is 10.4 Å². The van der Waals surface area contributed by atoms with E-state index in [9.17, 15) is 0 Å². The van der Waals surface area contributed by atoms with E-state index in [1.807, 2.05) is 42.5 Å². The standard InChI is InChI=1S/C15H14N8/c16-13-19-12(20-14(17)21-13)15(22-23-18)8-6-11(7-9-15)10-4-2-1-3-5-10/h1-9,11H,(H4,16,17,19,20,21). The van der Waals surface area contributed by atoms with Gasteiger partial charge in [0.1, 0.15) is 5.54 Å². The molecule has 0 fully saturated rings. The second kappa shape index (κ2) is 5.78. The number of hydrogen-bond acceptors (Lipinski definition) is 6. The molecule has 23 heavy (non-hydrogen) atoms. The van der Waals surface area contributed by atoms with Crippen LogP contribution in [0.5, 0.6) is 0 Å². The predicted octanol–water partition coefficient (Wildman–Crippen LogP) is 2.45. The number of nitrogens with zero attached hydrogens (tertiary/aromatic N) is 6. The van der Waals surface area contributed by atoms with E-state index in [2.05, 4.69) is 25.0 Å². The van der Waals surface area contributed by atoms with Crippen molar-refractivity contribution in [3.05, 3.63) is 76.5 Å². The third-order valence-corrected chi connectivity index (χ3v) is 3.54. The topological polar surface area (TPSA) is 139 Å². The zero-order valence-electron chi connectivity index (χ0n) is 12.1. The van der Waals surface area contributed by atoms with Gasteiger partial charge in [0.15, 0.2) is 5.82 Å². The molecule has 4 N–H and O–H groups in total. The van der Waals surface area contributed by atoms with Crippen LogP contribution in [0.4, 0.5) is 11.9 Å². The fourth-order valence-corrected chi connectivity index (χ4v) is 2.44. The Morgan fingerprint density at radius 3 is 2.17 bits per heavy atom. The highest BCUT2D eigenvalue weighted by Crippen LogP contribution is 2.35. The van der Waals surface area contributed by atoms with Crippen LogP contribution < -0.4 is 11.5 Å². The number of benzene rings is 1. The second-order valence-corrected chi connectivity index (χ2v) is 5.04. The fourth-order valence-electron chi connectivity index (χ4n) is 2.44. The lowest BCUT2D eigenvalue weighted by Gasteiger charge is -2.25. The van der Waals surface area contributed by atoms with Gasteiger partial charge < -0.3 is 11.5 Å². The van der Waals surface area contributed by atoms with Crippen LogP contribution in [0.1, 0.15) is 17.3 Å². The monoisotopic (exact) mass is 306 g/mol. The van der Waals surface area contributed by atoms with Crippen LogP contribution in [0, 0.1) is 0 Å². The zero-order valence-corrected chi connectivity index (χ0v) is 12.1. The van der Waals surface area contributed by atoms with E-state index >= 15 is 0 Å². The Balaban J connectivity index is 2.02. The maximum Gasteiger partial charge on any atom is 0.225 e. The summed E-state index contributed by atoms with van der Waals surface area (Å²) in [6.45, 7) is 0. The minimum atomic E-state index is -1.16.